The summed E-state index contributed by atoms with van der Waals surface area (Å²) in [5.74, 6) is 2.46. The van der Waals surface area contributed by atoms with E-state index in [1.54, 1.807) is 11.9 Å². The van der Waals surface area contributed by atoms with E-state index >= 15 is 0 Å². The summed E-state index contributed by atoms with van der Waals surface area (Å²) in [6.45, 7) is 7.13. The van der Waals surface area contributed by atoms with Crippen LogP contribution < -0.4 is 5.32 Å². The van der Waals surface area contributed by atoms with Gasteiger partial charge in [-0.05, 0) is 45.0 Å². The summed E-state index contributed by atoms with van der Waals surface area (Å²) in [6, 6.07) is 11.5. The van der Waals surface area contributed by atoms with E-state index in [0.717, 1.165) is 34.9 Å². The van der Waals surface area contributed by atoms with E-state index in [1.807, 2.05) is 44.2 Å². The number of nitrogens with one attached hydrogen (secondary N) is 1. The van der Waals surface area contributed by atoms with Crippen molar-refractivity contribution in [2.24, 2.45) is 0 Å². The molecule has 0 aliphatic carbocycles. The van der Waals surface area contributed by atoms with Crippen LogP contribution in [0.15, 0.2) is 40.8 Å². The van der Waals surface area contributed by atoms with Gasteiger partial charge in [0.25, 0.3) is 0 Å². The fourth-order valence-corrected chi connectivity index (χ4v) is 2.94. The molecular weight excluding hydrogens is 316 g/mol. The molecule has 0 bridgehead atoms. The molecule has 0 fully saturated rings. The second kappa shape index (κ2) is 7.01. The lowest BCUT2D eigenvalue weighted by Gasteiger charge is -2.20. The van der Waals surface area contributed by atoms with Crippen LogP contribution in [-0.4, -0.2) is 27.5 Å². The molecule has 6 nitrogen and oxygen atoms in total. The molecule has 0 radical (unpaired) electrons. The summed E-state index contributed by atoms with van der Waals surface area (Å²) >= 11 is 0. The molecule has 0 aliphatic rings. The van der Waals surface area contributed by atoms with Crippen molar-refractivity contribution in [3.05, 3.63) is 53.7 Å². The number of urea groups is 1. The van der Waals surface area contributed by atoms with Crippen LogP contribution in [0, 0.1) is 6.92 Å². The minimum atomic E-state index is -0.186. The lowest BCUT2D eigenvalue weighted by atomic mass is 10.2. The molecule has 0 spiro atoms. The SMILES string of the molecule is CCn1c(CN(C)C(=O)NC(C)c2ccc(C)o2)nc2ccccc21. The maximum absolute atomic E-state index is 12.5. The molecule has 2 heterocycles. The Morgan fingerprint density at radius 1 is 1.32 bits per heavy atom. The molecule has 0 saturated carbocycles. The lowest BCUT2D eigenvalue weighted by molar-refractivity contribution is 0.200. The van der Waals surface area contributed by atoms with Crippen molar-refractivity contribution in [2.45, 2.75) is 39.9 Å². The van der Waals surface area contributed by atoms with Crippen LogP contribution in [-0.2, 0) is 13.1 Å². The van der Waals surface area contributed by atoms with Gasteiger partial charge in [0.05, 0.1) is 23.6 Å². The molecule has 3 aromatic rings. The highest BCUT2D eigenvalue weighted by atomic mass is 16.3. The summed E-state index contributed by atoms with van der Waals surface area (Å²) in [6.07, 6.45) is 0. The van der Waals surface area contributed by atoms with Gasteiger partial charge in [0.15, 0.2) is 0 Å². The number of amides is 2. The fourth-order valence-electron chi connectivity index (χ4n) is 2.94. The Bertz CT molecular complexity index is 881. The van der Waals surface area contributed by atoms with E-state index in [-0.39, 0.29) is 12.1 Å². The second-order valence-electron chi connectivity index (χ2n) is 6.24. The van der Waals surface area contributed by atoms with Crippen LogP contribution in [0.1, 0.15) is 37.2 Å². The Morgan fingerprint density at radius 2 is 2.08 bits per heavy atom. The largest absolute Gasteiger partial charge is 0.464 e. The third kappa shape index (κ3) is 3.52. The maximum atomic E-state index is 12.5. The van der Waals surface area contributed by atoms with E-state index in [0.29, 0.717) is 6.54 Å². The summed E-state index contributed by atoms with van der Waals surface area (Å²) in [5.41, 5.74) is 2.04. The number of aromatic nitrogens is 2. The highest BCUT2D eigenvalue weighted by molar-refractivity contribution is 5.77. The van der Waals surface area contributed by atoms with Crippen LogP contribution >= 0.6 is 0 Å². The van der Waals surface area contributed by atoms with Gasteiger partial charge < -0.3 is 19.2 Å². The summed E-state index contributed by atoms with van der Waals surface area (Å²) in [4.78, 5) is 18.8. The van der Waals surface area contributed by atoms with Crippen molar-refractivity contribution in [1.82, 2.24) is 19.8 Å². The molecule has 3 rings (SSSR count). The molecule has 2 amide bonds. The van der Waals surface area contributed by atoms with Gasteiger partial charge in [0.1, 0.15) is 17.3 Å². The quantitative estimate of drug-likeness (QED) is 0.767. The van der Waals surface area contributed by atoms with Gasteiger partial charge in [-0.1, -0.05) is 12.1 Å². The first-order valence-electron chi connectivity index (χ1n) is 8.51. The minimum absolute atomic E-state index is 0.156. The van der Waals surface area contributed by atoms with Gasteiger partial charge in [-0.25, -0.2) is 9.78 Å². The normalized spacial score (nSPS) is 12.3. The molecule has 1 unspecified atom stereocenters. The highest BCUT2D eigenvalue weighted by Gasteiger charge is 2.18. The number of carbonyl (C=O) groups excluding carboxylic acids is 1. The monoisotopic (exact) mass is 340 g/mol. The third-order valence-electron chi connectivity index (χ3n) is 4.30. The first-order chi connectivity index (χ1) is 12.0. The summed E-state index contributed by atoms with van der Waals surface area (Å²) < 4.78 is 7.71. The first-order valence-corrected chi connectivity index (χ1v) is 8.51. The number of fused-ring (bicyclic) bond motifs is 1. The highest BCUT2D eigenvalue weighted by Crippen LogP contribution is 2.18. The Hall–Kier alpha value is -2.76. The van der Waals surface area contributed by atoms with Crippen LogP contribution in [0.3, 0.4) is 0 Å². The van der Waals surface area contributed by atoms with Gasteiger partial charge in [-0.2, -0.15) is 0 Å². The predicted octanol–water partition coefficient (Wildman–Crippen LogP) is 3.86. The van der Waals surface area contributed by atoms with Gasteiger partial charge in [-0.3, -0.25) is 0 Å². The number of nitrogens with zero attached hydrogens (tertiary/aromatic N) is 3. The predicted molar refractivity (Wildman–Crippen MR) is 97.3 cm³/mol. The summed E-state index contributed by atoms with van der Waals surface area (Å²) in [7, 11) is 1.77. The number of carbonyl (C=O) groups is 1. The van der Waals surface area contributed by atoms with Crippen molar-refractivity contribution in [1.29, 1.82) is 0 Å². The van der Waals surface area contributed by atoms with E-state index in [4.69, 9.17) is 4.42 Å². The third-order valence-corrected chi connectivity index (χ3v) is 4.30. The molecule has 1 atom stereocenters. The molecule has 1 aromatic carbocycles. The molecule has 1 N–H and O–H groups in total. The number of hydrogen-bond acceptors (Lipinski definition) is 3. The molecule has 25 heavy (non-hydrogen) atoms. The summed E-state index contributed by atoms with van der Waals surface area (Å²) in [5, 5.41) is 2.96. The number of rotatable bonds is 5. The van der Waals surface area contributed by atoms with Crippen molar-refractivity contribution in [3.63, 3.8) is 0 Å². The Morgan fingerprint density at radius 3 is 2.76 bits per heavy atom. The molecule has 2 aromatic heterocycles. The average molecular weight is 340 g/mol. The van der Waals surface area contributed by atoms with Crippen molar-refractivity contribution >= 4 is 17.1 Å². The lowest BCUT2D eigenvalue weighted by Crippen LogP contribution is -2.38. The minimum Gasteiger partial charge on any atom is -0.464 e. The average Bonchev–Trinajstić information content (AvgIpc) is 3.17. The fraction of sp³-hybridized carbons (Fsp3) is 0.368. The first kappa shape index (κ1) is 17.1. The Labute approximate surface area is 147 Å². The van der Waals surface area contributed by atoms with Crippen LogP contribution in [0.4, 0.5) is 4.79 Å². The van der Waals surface area contributed by atoms with Crippen LogP contribution in [0.2, 0.25) is 0 Å². The number of hydrogen-bond donors (Lipinski definition) is 1. The number of furan rings is 1. The van der Waals surface area contributed by atoms with E-state index in [9.17, 15) is 4.79 Å². The van der Waals surface area contributed by atoms with Crippen molar-refractivity contribution < 1.29 is 9.21 Å². The number of imidazole rings is 1. The second-order valence-corrected chi connectivity index (χ2v) is 6.24. The molecule has 0 saturated heterocycles. The van der Waals surface area contributed by atoms with Gasteiger partial charge >= 0.3 is 6.03 Å². The Kier molecular flexibility index (Phi) is 4.79. The molecule has 6 heteroatoms. The topological polar surface area (TPSA) is 63.3 Å². The molecule has 132 valence electrons. The standard InChI is InChI=1S/C19H24N4O2/c1-5-23-16-9-7-6-8-15(16)21-18(23)12-22(4)19(24)20-14(3)17-11-10-13(2)25-17/h6-11,14H,5,12H2,1-4H3,(H,20,24). The zero-order valence-corrected chi connectivity index (χ0v) is 15.1. The van der Waals surface area contributed by atoms with Gasteiger partial charge in [0.2, 0.25) is 0 Å². The zero-order chi connectivity index (χ0) is 18.0. The van der Waals surface area contributed by atoms with Crippen LogP contribution in [0.5, 0.6) is 0 Å². The number of para-hydroxylation sites is 2. The van der Waals surface area contributed by atoms with E-state index in [1.165, 1.54) is 0 Å². The smallest absolute Gasteiger partial charge is 0.318 e. The van der Waals surface area contributed by atoms with Crippen LogP contribution in [0.25, 0.3) is 11.0 Å². The zero-order valence-electron chi connectivity index (χ0n) is 15.1. The maximum Gasteiger partial charge on any atom is 0.318 e. The van der Waals surface area contributed by atoms with Gasteiger partial charge in [0, 0.05) is 13.6 Å². The van der Waals surface area contributed by atoms with Gasteiger partial charge in [-0.15, -0.1) is 0 Å². The van der Waals surface area contributed by atoms with E-state index < -0.39 is 0 Å². The number of benzene rings is 1. The molecule has 0 aliphatic heterocycles. The van der Waals surface area contributed by atoms with Crippen molar-refractivity contribution in [3.8, 4) is 0 Å². The molecular formula is C19H24N4O2. The Balaban J connectivity index is 1.71. The van der Waals surface area contributed by atoms with E-state index in [2.05, 4.69) is 27.9 Å². The van der Waals surface area contributed by atoms with Crippen molar-refractivity contribution in [2.75, 3.05) is 7.05 Å². The number of aryl methyl sites for hydroxylation is 2.